The van der Waals surface area contributed by atoms with Crippen molar-refractivity contribution in [2.24, 2.45) is 0 Å². The largest absolute Gasteiger partial charge is 0.322 e. The topological polar surface area (TPSA) is 104 Å². The summed E-state index contributed by atoms with van der Waals surface area (Å²) in [4.78, 5) is 48.0. The Labute approximate surface area is 183 Å². The molecule has 2 amide bonds. The van der Waals surface area contributed by atoms with Crippen LogP contribution in [0.5, 0.6) is 0 Å². The summed E-state index contributed by atoms with van der Waals surface area (Å²) in [5.74, 6) is -0.845. The molecule has 32 heavy (non-hydrogen) atoms. The summed E-state index contributed by atoms with van der Waals surface area (Å²) in [5.41, 5.74) is 3.63. The zero-order valence-corrected chi connectivity index (χ0v) is 18.0. The fraction of sp³-hybridized carbons (Fsp3) is 0.250. The summed E-state index contributed by atoms with van der Waals surface area (Å²) in [7, 11) is 0. The van der Waals surface area contributed by atoms with Gasteiger partial charge < -0.3 is 4.98 Å². The average molecular weight is 429 g/mol. The van der Waals surface area contributed by atoms with Gasteiger partial charge in [-0.1, -0.05) is 38.1 Å². The molecule has 8 heteroatoms. The molecule has 2 N–H and O–H groups in total. The lowest BCUT2D eigenvalue weighted by atomic mass is 9.98. The van der Waals surface area contributed by atoms with Crippen LogP contribution in [0.1, 0.15) is 48.9 Å². The van der Waals surface area contributed by atoms with Gasteiger partial charge in [0, 0.05) is 12.1 Å². The number of imide groups is 1. The fourth-order valence-corrected chi connectivity index (χ4v) is 4.30. The Morgan fingerprint density at radius 3 is 2.44 bits per heavy atom. The van der Waals surface area contributed by atoms with Gasteiger partial charge in [0.2, 0.25) is 17.8 Å². The van der Waals surface area contributed by atoms with Crippen molar-refractivity contribution in [3.8, 4) is 5.95 Å². The van der Waals surface area contributed by atoms with Crippen molar-refractivity contribution >= 4 is 28.5 Å². The number of aromatic amines is 2. The number of carbonyl (C=O) groups excluding carboxylic acids is 2. The first-order chi connectivity index (χ1) is 15.3. The standard InChI is InChI=1S/C24H23N5O3/c1-13(2)15-8-10-16(11-9-15)28-20(30)12-17(22(28)31)21-14(3)27-29(23(21)32)24-25-18-6-4-5-7-19(18)26-24/h4-11,13,17,27H,12H2,1-3H3,(H,25,26). The van der Waals surface area contributed by atoms with Crippen molar-refractivity contribution < 1.29 is 9.59 Å². The molecule has 2 aromatic heterocycles. The van der Waals surface area contributed by atoms with E-state index in [0.29, 0.717) is 28.8 Å². The number of carbonyl (C=O) groups is 2. The molecule has 1 unspecified atom stereocenters. The first kappa shape index (κ1) is 20.0. The molecule has 4 aromatic rings. The van der Waals surface area contributed by atoms with E-state index in [1.165, 1.54) is 9.58 Å². The van der Waals surface area contributed by atoms with E-state index in [1.807, 2.05) is 36.4 Å². The molecule has 0 bridgehead atoms. The van der Waals surface area contributed by atoms with Gasteiger partial charge in [-0.25, -0.2) is 4.98 Å². The smallest absolute Gasteiger partial charge is 0.278 e. The second kappa shape index (κ2) is 7.33. The molecule has 162 valence electrons. The maximum atomic E-state index is 13.3. The average Bonchev–Trinajstić information content (AvgIpc) is 3.41. The molecule has 8 nitrogen and oxygen atoms in total. The first-order valence-electron chi connectivity index (χ1n) is 10.6. The van der Waals surface area contributed by atoms with Crippen molar-refractivity contribution in [1.82, 2.24) is 19.7 Å². The van der Waals surface area contributed by atoms with Crippen molar-refractivity contribution in [2.45, 2.75) is 39.0 Å². The Kier molecular flexibility index (Phi) is 4.58. The molecular weight excluding hydrogens is 406 g/mol. The lowest BCUT2D eigenvalue weighted by molar-refractivity contribution is -0.121. The third-order valence-electron chi connectivity index (χ3n) is 6.02. The molecule has 3 heterocycles. The van der Waals surface area contributed by atoms with Gasteiger partial charge in [-0.2, -0.15) is 4.68 Å². The molecule has 1 fully saturated rings. The van der Waals surface area contributed by atoms with E-state index < -0.39 is 5.92 Å². The minimum atomic E-state index is -0.832. The monoisotopic (exact) mass is 429 g/mol. The number of anilines is 1. The Balaban J connectivity index is 1.51. The summed E-state index contributed by atoms with van der Waals surface area (Å²) in [5, 5.41) is 3.01. The van der Waals surface area contributed by atoms with E-state index in [9.17, 15) is 14.4 Å². The molecule has 5 rings (SSSR count). The molecule has 0 saturated carbocycles. The highest BCUT2D eigenvalue weighted by Gasteiger charge is 2.43. The Morgan fingerprint density at radius 2 is 1.75 bits per heavy atom. The number of aromatic nitrogens is 4. The number of aryl methyl sites for hydroxylation is 1. The highest BCUT2D eigenvalue weighted by atomic mass is 16.2. The van der Waals surface area contributed by atoms with Gasteiger partial charge in [0.05, 0.1) is 28.2 Å². The van der Waals surface area contributed by atoms with Crippen LogP contribution in [0.3, 0.4) is 0 Å². The zero-order valence-electron chi connectivity index (χ0n) is 18.0. The van der Waals surface area contributed by atoms with E-state index in [-0.39, 0.29) is 23.8 Å². The number of para-hydroxylation sites is 2. The van der Waals surface area contributed by atoms with Gasteiger partial charge in [0.25, 0.3) is 5.56 Å². The normalized spacial score (nSPS) is 16.6. The number of hydrogen-bond donors (Lipinski definition) is 2. The van der Waals surface area contributed by atoms with Gasteiger partial charge in [-0.3, -0.25) is 24.4 Å². The Morgan fingerprint density at radius 1 is 1.03 bits per heavy atom. The second-order valence-corrected chi connectivity index (χ2v) is 8.44. The van der Waals surface area contributed by atoms with Gasteiger partial charge >= 0.3 is 0 Å². The van der Waals surface area contributed by atoms with Gasteiger partial charge in [-0.15, -0.1) is 0 Å². The fourth-order valence-electron chi connectivity index (χ4n) is 4.30. The number of amides is 2. The summed E-state index contributed by atoms with van der Waals surface area (Å²) >= 11 is 0. The quantitative estimate of drug-likeness (QED) is 0.484. The van der Waals surface area contributed by atoms with Crippen molar-refractivity contribution in [3.05, 3.63) is 75.7 Å². The maximum absolute atomic E-state index is 13.3. The molecule has 1 atom stereocenters. The van der Waals surface area contributed by atoms with Crippen LogP contribution in [0.2, 0.25) is 0 Å². The van der Waals surface area contributed by atoms with Crippen molar-refractivity contribution in [2.75, 3.05) is 4.90 Å². The number of imidazole rings is 1. The van der Waals surface area contributed by atoms with E-state index in [1.54, 1.807) is 19.1 Å². The van der Waals surface area contributed by atoms with E-state index in [0.717, 1.165) is 16.6 Å². The maximum Gasteiger partial charge on any atom is 0.278 e. The van der Waals surface area contributed by atoms with E-state index in [2.05, 4.69) is 28.9 Å². The van der Waals surface area contributed by atoms with E-state index >= 15 is 0 Å². The summed E-state index contributed by atoms with van der Waals surface area (Å²) < 4.78 is 1.29. The van der Waals surface area contributed by atoms with Crippen LogP contribution >= 0.6 is 0 Å². The van der Waals surface area contributed by atoms with Crippen LogP contribution in [0.15, 0.2) is 53.3 Å². The summed E-state index contributed by atoms with van der Waals surface area (Å²) in [6.45, 7) is 5.89. The molecule has 1 saturated heterocycles. The van der Waals surface area contributed by atoms with Gasteiger partial charge in [0.1, 0.15) is 0 Å². The van der Waals surface area contributed by atoms with Crippen LogP contribution < -0.4 is 10.5 Å². The number of H-pyrrole nitrogens is 2. The Bertz CT molecular complexity index is 1370. The minimum Gasteiger partial charge on any atom is -0.322 e. The number of benzene rings is 2. The van der Waals surface area contributed by atoms with Crippen LogP contribution in [-0.2, 0) is 9.59 Å². The highest BCUT2D eigenvalue weighted by molar-refractivity contribution is 6.22. The molecule has 1 aliphatic rings. The van der Waals surface area contributed by atoms with Crippen LogP contribution in [-0.4, -0.2) is 31.6 Å². The van der Waals surface area contributed by atoms with Crippen LogP contribution in [0, 0.1) is 6.92 Å². The zero-order chi connectivity index (χ0) is 22.6. The van der Waals surface area contributed by atoms with Crippen LogP contribution in [0.25, 0.3) is 17.0 Å². The van der Waals surface area contributed by atoms with Gasteiger partial charge in [-0.05, 0) is 42.7 Å². The third-order valence-corrected chi connectivity index (χ3v) is 6.02. The SMILES string of the molecule is Cc1[nH]n(-c2nc3ccccc3[nH]2)c(=O)c1C1CC(=O)N(c2ccc(C(C)C)cc2)C1=O. The second-order valence-electron chi connectivity index (χ2n) is 8.44. The predicted molar refractivity (Wildman–Crippen MR) is 121 cm³/mol. The van der Waals surface area contributed by atoms with Crippen molar-refractivity contribution in [1.29, 1.82) is 0 Å². The lowest BCUT2D eigenvalue weighted by Crippen LogP contribution is -2.31. The highest BCUT2D eigenvalue weighted by Crippen LogP contribution is 2.33. The molecule has 0 aliphatic carbocycles. The minimum absolute atomic E-state index is 0.0428. The van der Waals surface area contributed by atoms with Crippen LogP contribution in [0.4, 0.5) is 5.69 Å². The summed E-state index contributed by atoms with van der Waals surface area (Å²) in [6.07, 6.45) is -0.0428. The molecular formula is C24H23N5O3. The molecule has 2 aromatic carbocycles. The lowest BCUT2D eigenvalue weighted by Gasteiger charge is -2.16. The molecule has 1 aliphatic heterocycles. The molecule has 0 radical (unpaired) electrons. The van der Waals surface area contributed by atoms with Crippen molar-refractivity contribution in [3.63, 3.8) is 0 Å². The third kappa shape index (κ3) is 3.07. The number of fused-ring (bicyclic) bond motifs is 1. The number of nitrogens with one attached hydrogen (secondary N) is 2. The molecule has 0 spiro atoms. The first-order valence-corrected chi connectivity index (χ1v) is 10.6. The predicted octanol–water partition coefficient (Wildman–Crippen LogP) is 3.52. The Hall–Kier alpha value is -3.94. The number of rotatable bonds is 4. The van der Waals surface area contributed by atoms with Gasteiger partial charge in [0.15, 0.2) is 0 Å². The summed E-state index contributed by atoms with van der Waals surface area (Å²) in [6, 6.07) is 14.9. The number of nitrogens with zero attached hydrogens (tertiary/aromatic N) is 3. The number of hydrogen-bond acceptors (Lipinski definition) is 4. The van der Waals surface area contributed by atoms with E-state index in [4.69, 9.17) is 0 Å².